The first-order valence-corrected chi connectivity index (χ1v) is 6.59. The predicted molar refractivity (Wildman–Crippen MR) is 82.1 cm³/mol. The van der Waals surface area contributed by atoms with Crippen LogP contribution in [0.3, 0.4) is 0 Å². The minimum atomic E-state index is -0.467. The highest BCUT2D eigenvalue weighted by molar-refractivity contribution is 5.68. The number of carbonyl (C=O) groups excluding carboxylic acids is 1. The fourth-order valence-corrected chi connectivity index (χ4v) is 1.57. The van der Waals surface area contributed by atoms with Gasteiger partial charge < -0.3 is 20.9 Å². The summed E-state index contributed by atoms with van der Waals surface area (Å²) in [6.45, 7) is 7.23. The number of alkyl carbamates (subject to hydrolysis) is 1. The Morgan fingerprint density at radius 2 is 1.86 bits per heavy atom. The highest BCUT2D eigenvalue weighted by Gasteiger charge is 2.17. The summed E-state index contributed by atoms with van der Waals surface area (Å²) in [5, 5.41) is 9.70. The number of anilines is 1. The maximum absolute atomic E-state index is 11.6. The van der Waals surface area contributed by atoms with E-state index in [1.165, 1.54) is 0 Å². The molecule has 118 valence electrons. The van der Waals surface area contributed by atoms with Gasteiger partial charge in [-0.05, 0) is 51.8 Å². The number of hydrogen-bond acceptors (Lipinski definition) is 4. The average molecular weight is 296 g/mol. The van der Waals surface area contributed by atoms with E-state index in [-0.39, 0.29) is 18.6 Å². The maximum atomic E-state index is 11.6. The molecule has 1 rings (SSSR count). The van der Waals surface area contributed by atoms with Crippen molar-refractivity contribution in [3.8, 4) is 0 Å². The second-order valence-electron chi connectivity index (χ2n) is 5.60. The molecule has 1 aromatic carbocycles. The molecule has 21 heavy (non-hydrogen) atoms. The summed E-state index contributed by atoms with van der Waals surface area (Å²) < 4.78 is 5.20. The molecule has 0 saturated heterocycles. The normalized spacial score (nSPS) is 11.6. The number of ether oxygens (including phenoxy) is 1. The van der Waals surface area contributed by atoms with E-state index in [1.807, 2.05) is 52.0 Å². The van der Waals surface area contributed by atoms with Crippen LogP contribution < -0.4 is 11.1 Å². The molecule has 1 amide bonds. The molecule has 6 heteroatoms. The Morgan fingerprint density at radius 3 is 2.29 bits per heavy atom. The summed E-state index contributed by atoms with van der Waals surface area (Å²) >= 11 is 0. The molecule has 0 spiro atoms. The quantitative estimate of drug-likeness (QED) is 0.587. The van der Waals surface area contributed by atoms with E-state index in [1.54, 1.807) is 0 Å². The van der Waals surface area contributed by atoms with E-state index >= 15 is 0 Å². The number of hydrogen-bond donors (Lipinski definition) is 3. The summed E-state index contributed by atoms with van der Waals surface area (Å²) in [6, 6.07) is 7.65. The molecule has 0 aliphatic rings. The van der Waals surface area contributed by atoms with Crippen LogP contribution >= 0.6 is 0 Å². The number of amides is 1. The Hall–Kier alpha value is -2.24. The van der Waals surface area contributed by atoms with Gasteiger partial charge in [-0.3, -0.25) is 4.79 Å². The molecule has 0 aromatic heterocycles. The van der Waals surface area contributed by atoms with Crippen LogP contribution in [0.1, 0.15) is 33.3 Å². The van der Waals surface area contributed by atoms with E-state index in [0.717, 1.165) is 17.7 Å². The highest BCUT2D eigenvalue weighted by Crippen LogP contribution is 2.09. The molecule has 0 bridgehead atoms. The minimum absolute atomic E-state index is 0.0171. The summed E-state index contributed by atoms with van der Waals surface area (Å²) in [5.41, 5.74) is 7.02. The largest absolute Gasteiger partial charge is 0.483 e. The number of carbonyl (C=O) groups is 2. The number of rotatable bonds is 3. The van der Waals surface area contributed by atoms with Crippen molar-refractivity contribution in [1.29, 1.82) is 0 Å². The van der Waals surface area contributed by atoms with E-state index < -0.39 is 5.60 Å². The molecule has 0 radical (unpaired) electrons. The monoisotopic (exact) mass is 296 g/mol. The summed E-state index contributed by atoms with van der Waals surface area (Å²) in [5.74, 6) is 0. The number of nitrogens with two attached hydrogens (primary N) is 1. The molecule has 0 heterocycles. The van der Waals surface area contributed by atoms with Gasteiger partial charge in [0.1, 0.15) is 5.60 Å². The zero-order chi connectivity index (χ0) is 16.5. The van der Waals surface area contributed by atoms with E-state index in [4.69, 9.17) is 20.4 Å². The standard InChI is InChI=1S/C14H22N2O2.CH2O2/c1-10(16-13(17)18-14(2,3)4)9-11-5-7-12(15)8-6-11;2-1-3/h5-8,10H,9,15H2,1-4H3,(H,16,17);1H,(H,2,3). The molecule has 1 atom stereocenters. The topological polar surface area (TPSA) is 102 Å². The van der Waals surface area contributed by atoms with Gasteiger partial charge in [0.2, 0.25) is 0 Å². The predicted octanol–water partition coefficient (Wildman–Crippen LogP) is 2.43. The van der Waals surface area contributed by atoms with Crippen LogP contribution in [0.5, 0.6) is 0 Å². The third-order valence-corrected chi connectivity index (χ3v) is 2.28. The van der Waals surface area contributed by atoms with Crippen molar-refractivity contribution < 1.29 is 19.4 Å². The van der Waals surface area contributed by atoms with Gasteiger partial charge in [-0.2, -0.15) is 0 Å². The highest BCUT2D eigenvalue weighted by atomic mass is 16.6. The van der Waals surface area contributed by atoms with Crippen molar-refractivity contribution in [2.45, 2.75) is 45.8 Å². The molecule has 0 saturated carbocycles. The second-order valence-corrected chi connectivity index (χ2v) is 5.60. The lowest BCUT2D eigenvalue weighted by Crippen LogP contribution is -2.38. The lowest BCUT2D eigenvalue weighted by Gasteiger charge is -2.22. The lowest BCUT2D eigenvalue weighted by molar-refractivity contribution is -0.122. The third kappa shape index (κ3) is 10.2. The van der Waals surface area contributed by atoms with Crippen LogP contribution in [-0.4, -0.2) is 29.3 Å². The molecule has 0 aliphatic carbocycles. The lowest BCUT2D eigenvalue weighted by atomic mass is 10.1. The zero-order valence-corrected chi connectivity index (χ0v) is 12.9. The Balaban J connectivity index is 0.00000122. The Kier molecular flexibility index (Phi) is 7.89. The summed E-state index contributed by atoms with van der Waals surface area (Å²) in [7, 11) is 0. The van der Waals surface area contributed by atoms with Crippen LogP contribution in [0.4, 0.5) is 10.5 Å². The van der Waals surface area contributed by atoms with Gasteiger partial charge in [-0.1, -0.05) is 12.1 Å². The van der Waals surface area contributed by atoms with Crippen LogP contribution in [0.2, 0.25) is 0 Å². The molecule has 0 fully saturated rings. The van der Waals surface area contributed by atoms with Crippen molar-refractivity contribution in [3.63, 3.8) is 0 Å². The molecular formula is C15H24N2O4. The first kappa shape index (κ1) is 18.8. The van der Waals surface area contributed by atoms with Crippen LogP contribution in [-0.2, 0) is 16.0 Å². The van der Waals surface area contributed by atoms with Crippen LogP contribution in [0, 0.1) is 0 Å². The fraction of sp³-hybridized carbons (Fsp3) is 0.467. The van der Waals surface area contributed by atoms with Crippen LogP contribution in [0.15, 0.2) is 24.3 Å². The number of carboxylic acid groups (broad SMARTS) is 1. The molecule has 1 unspecified atom stereocenters. The van der Waals surface area contributed by atoms with Gasteiger partial charge in [0.05, 0.1) is 0 Å². The third-order valence-electron chi connectivity index (χ3n) is 2.28. The summed E-state index contributed by atoms with van der Waals surface area (Å²) in [6.07, 6.45) is 0.366. The number of nitrogen functional groups attached to an aromatic ring is 1. The average Bonchev–Trinajstić information content (AvgIpc) is 2.30. The van der Waals surface area contributed by atoms with E-state index in [0.29, 0.717) is 0 Å². The van der Waals surface area contributed by atoms with Gasteiger partial charge in [0.25, 0.3) is 6.47 Å². The van der Waals surface area contributed by atoms with E-state index in [9.17, 15) is 4.79 Å². The molecule has 4 N–H and O–H groups in total. The second kappa shape index (κ2) is 8.84. The van der Waals surface area contributed by atoms with Gasteiger partial charge in [0, 0.05) is 11.7 Å². The van der Waals surface area contributed by atoms with Crippen molar-refractivity contribution in [3.05, 3.63) is 29.8 Å². The SMILES string of the molecule is CC(Cc1ccc(N)cc1)NC(=O)OC(C)(C)C.O=CO. The molecule has 0 aliphatic heterocycles. The van der Waals surface area contributed by atoms with Crippen molar-refractivity contribution >= 4 is 18.3 Å². The van der Waals surface area contributed by atoms with Gasteiger partial charge in [-0.15, -0.1) is 0 Å². The maximum Gasteiger partial charge on any atom is 0.407 e. The Morgan fingerprint density at radius 1 is 1.38 bits per heavy atom. The first-order valence-electron chi connectivity index (χ1n) is 6.59. The smallest absolute Gasteiger partial charge is 0.407 e. The minimum Gasteiger partial charge on any atom is -0.483 e. The summed E-state index contributed by atoms with van der Waals surface area (Å²) in [4.78, 5) is 19.9. The zero-order valence-electron chi connectivity index (χ0n) is 12.9. The molecular weight excluding hydrogens is 272 g/mol. The van der Waals surface area contributed by atoms with Crippen molar-refractivity contribution in [2.75, 3.05) is 5.73 Å². The van der Waals surface area contributed by atoms with Gasteiger partial charge in [-0.25, -0.2) is 4.79 Å². The molecule has 1 aromatic rings. The van der Waals surface area contributed by atoms with Gasteiger partial charge in [0.15, 0.2) is 0 Å². The number of benzene rings is 1. The first-order chi connectivity index (χ1) is 9.67. The van der Waals surface area contributed by atoms with Crippen molar-refractivity contribution in [2.24, 2.45) is 0 Å². The molecule has 6 nitrogen and oxygen atoms in total. The fourth-order valence-electron chi connectivity index (χ4n) is 1.57. The van der Waals surface area contributed by atoms with Gasteiger partial charge >= 0.3 is 6.09 Å². The Bertz CT molecular complexity index is 438. The van der Waals surface area contributed by atoms with Crippen LogP contribution in [0.25, 0.3) is 0 Å². The number of nitrogens with one attached hydrogen (secondary N) is 1. The van der Waals surface area contributed by atoms with E-state index in [2.05, 4.69) is 5.32 Å². The Labute approximate surface area is 125 Å². The van der Waals surface area contributed by atoms with Crippen molar-refractivity contribution in [1.82, 2.24) is 5.32 Å².